The quantitative estimate of drug-likeness (QED) is 0.654. The van der Waals surface area contributed by atoms with E-state index in [9.17, 15) is 17.6 Å². The first kappa shape index (κ1) is 16.1. The van der Waals surface area contributed by atoms with E-state index in [0.29, 0.717) is 15.7 Å². The summed E-state index contributed by atoms with van der Waals surface area (Å²) in [7, 11) is 0. The summed E-state index contributed by atoms with van der Waals surface area (Å²) < 4.78 is 51.8. The third-order valence-electron chi connectivity index (χ3n) is 2.78. The van der Waals surface area contributed by atoms with Crippen molar-refractivity contribution in [2.24, 2.45) is 0 Å². The lowest BCUT2D eigenvalue weighted by molar-refractivity contribution is -0.137. The Morgan fingerprint density at radius 1 is 1.10 bits per heavy atom. The zero-order chi connectivity index (χ0) is 15.6. The number of alkyl halides is 3. The molecule has 0 atom stereocenters. The molecular formula is C14H9BrClF4N. The first-order valence-electron chi connectivity index (χ1n) is 5.82. The predicted molar refractivity (Wildman–Crippen MR) is 77.9 cm³/mol. The van der Waals surface area contributed by atoms with Crippen LogP contribution >= 0.6 is 27.5 Å². The maximum atomic E-state index is 13.6. The van der Waals surface area contributed by atoms with Crippen LogP contribution in [0.15, 0.2) is 40.9 Å². The van der Waals surface area contributed by atoms with Crippen molar-refractivity contribution >= 4 is 33.2 Å². The summed E-state index contributed by atoms with van der Waals surface area (Å²) in [4.78, 5) is 0. The SMILES string of the molecule is Fc1cc(Br)ccc1CNc1ccc(C(F)(F)F)cc1Cl. The zero-order valence-corrected chi connectivity index (χ0v) is 12.8. The molecule has 112 valence electrons. The van der Waals surface area contributed by atoms with Crippen LogP contribution in [0, 0.1) is 5.82 Å². The fourth-order valence-corrected chi connectivity index (χ4v) is 2.27. The number of benzene rings is 2. The molecule has 2 rings (SSSR count). The van der Waals surface area contributed by atoms with Crippen molar-refractivity contribution in [3.05, 3.63) is 62.8 Å². The largest absolute Gasteiger partial charge is 0.416 e. The molecule has 0 aliphatic rings. The highest BCUT2D eigenvalue weighted by molar-refractivity contribution is 9.10. The van der Waals surface area contributed by atoms with Gasteiger partial charge in [-0.3, -0.25) is 0 Å². The van der Waals surface area contributed by atoms with E-state index in [0.717, 1.165) is 12.1 Å². The summed E-state index contributed by atoms with van der Waals surface area (Å²) in [5, 5.41) is 2.75. The van der Waals surface area contributed by atoms with Gasteiger partial charge < -0.3 is 5.32 Å². The van der Waals surface area contributed by atoms with Gasteiger partial charge >= 0.3 is 6.18 Å². The van der Waals surface area contributed by atoms with E-state index in [4.69, 9.17) is 11.6 Å². The van der Waals surface area contributed by atoms with Crippen LogP contribution in [-0.2, 0) is 12.7 Å². The Kier molecular flexibility index (Phi) is 4.78. The Morgan fingerprint density at radius 2 is 1.81 bits per heavy atom. The molecule has 0 radical (unpaired) electrons. The highest BCUT2D eigenvalue weighted by Gasteiger charge is 2.30. The molecule has 0 unspecified atom stereocenters. The third-order valence-corrected chi connectivity index (χ3v) is 3.59. The predicted octanol–water partition coefficient (Wildman–Crippen LogP) is 5.87. The summed E-state index contributed by atoms with van der Waals surface area (Å²) >= 11 is 8.95. The molecule has 2 aromatic rings. The molecule has 0 aliphatic carbocycles. The van der Waals surface area contributed by atoms with Crippen LogP contribution in [-0.4, -0.2) is 0 Å². The Labute approximate surface area is 132 Å². The average Bonchev–Trinajstić information content (AvgIpc) is 2.38. The molecular weight excluding hydrogens is 374 g/mol. The molecule has 1 N–H and O–H groups in total. The van der Waals surface area contributed by atoms with Crippen molar-refractivity contribution in [3.63, 3.8) is 0 Å². The van der Waals surface area contributed by atoms with Crippen molar-refractivity contribution in [1.82, 2.24) is 0 Å². The normalized spacial score (nSPS) is 11.5. The van der Waals surface area contributed by atoms with Crippen molar-refractivity contribution < 1.29 is 17.6 Å². The van der Waals surface area contributed by atoms with Gasteiger partial charge in [0.15, 0.2) is 0 Å². The molecule has 21 heavy (non-hydrogen) atoms. The van der Waals surface area contributed by atoms with Gasteiger partial charge in [-0.1, -0.05) is 33.6 Å². The van der Waals surface area contributed by atoms with Gasteiger partial charge in [0.25, 0.3) is 0 Å². The molecule has 7 heteroatoms. The van der Waals surface area contributed by atoms with Crippen LogP contribution < -0.4 is 5.32 Å². The van der Waals surface area contributed by atoms with E-state index < -0.39 is 17.6 Å². The van der Waals surface area contributed by atoms with Gasteiger partial charge in [0.05, 0.1) is 16.3 Å². The van der Waals surface area contributed by atoms with Crippen molar-refractivity contribution in [1.29, 1.82) is 0 Å². The van der Waals surface area contributed by atoms with E-state index in [1.165, 1.54) is 12.1 Å². The zero-order valence-electron chi connectivity index (χ0n) is 10.4. The van der Waals surface area contributed by atoms with Gasteiger partial charge in [0, 0.05) is 16.6 Å². The van der Waals surface area contributed by atoms with Gasteiger partial charge in [0.1, 0.15) is 5.82 Å². The van der Waals surface area contributed by atoms with Crippen molar-refractivity contribution in [2.75, 3.05) is 5.32 Å². The van der Waals surface area contributed by atoms with E-state index in [1.54, 1.807) is 12.1 Å². The molecule has 0 amide bonds. The minimum Gasteiger partial charge on any atom is -0.380 e. The van der Waals surface area contributed by atoms with Gasteiger partial charge in [-0.25, -0.2) is 4.39 Å². The molecule has 0 aliphatic heterocycles. The van der Waals surface area contributed by atoms with Crippen LogP contribution in [0.4, 0.5) is 23.2 Å². The standard InChI is InChI=1S/C14H9BrClF4N/c15-10-3-1-8(12(17)6-10)7-21-13-4-2-9(5-11(13)16)14(18,19)20/h1-6,21H,7H2. The van der Waals surface area contributed by atoms with Crippen LogP contribution in [0.1, 0.15) is 11.1 Å². The second-order valence-corrected chi connectivity index (χ2v) is 5.60. The third kappa shape index (κ3) is 4.11. The molecule has 0 bridgehead atoms. The minimum atomic E-state index is -4.44. The van der Waals surface area contributed by atoms with Crippen LogP contribution in [0.5, 0.6) is 0 Å². The number of hydrogen-bond acceptors (Lipinski definition) is 1. The second-order valence-electron chi connectivity index (χ2n) is 4.28. The second kappa shape index (κ2) is 6.23. The summed E-state index contributed by atoms with van der Waals surface area (Å²) in [6, 6.07) is 7.54. The Hall–Kier alpha value is -1.27. The summed E-state index contributed by atoms with van der Waals surface area (Å²) in [5.41, 5.74) is -0.131. The molecule has 0 spiro atoms. The summed E-state index contributed by atoms with van der Waals surface area (Å²) in [6.45, 7) is 0.115. The molecule has 0 fully saturated rings. The number of anilines is 1. The highest BCUT2D eigenvalue weighted by Crippen LogP contribution is 2.33. The van der Waals surface area contributed by atoms with Gasteiger partial charge in [-0.15, -0.1) is 0 Å². The van der Waals surface area contributed by atoms with E-state index in [-0.39, 0.29) is 11.6 Å². The lowest BCUT2D eigenvalue weighted by Crippen LogP contribution is -2.06. The first-order valence-corrected chi connectivity index (χ1v) is 6.99. The average molecular weight is 383 g/mol. The molecule has 1 nitrogen and oxygen atoms in total. The topological polar surface area (TPSA) is 12.0 Å². The lowest BCUT2D eigenvalue weighted by atomic mass is 10.1. The summed E-state index contributed by atoms with van der Waals surface area (Å²) in [6.07, 6.45) is -4.44. The Morgan fingerprint density at radius 3 is 2.38 bits per heavy atom. The monoisotopic (exact) mass is 381 g/mol. The highest BCUT2D eigenvalue weighted by atomic mass is 79.9. The molecule has 0 saturated heterocycles. The smallest absolute Gasteiger partial charge is 0.380 e. The van der Waals surface area contributed by atoms with Crippen LogP contribution in [0.25, 0.3) is 0 Å². The fourth-order valence-electron chi connectivity index (χ4n) is 1.69. The van der Waals surface area contributed by atoms with Crippen molar-refractivity contribution in [2.45, 2.75) is 12.7 Å². The first-order chi connectivity index (χ1) is 9.77. The Balaban J connectivity index is 2.13. The molecule has 0 aromatic heterocycles. The fraction of sp³-hybridized carbons (Fsp3) is 0.143. The maximum Gasteiger partial charge on any atom is 0.416 e. The van der Waals surface area contributed by atoms with Crippen molar-refractivity contribution in [3.8, 4) is 0 Å². The number of nitrogens with one attached hydrogen (secondary N) is 1. The number of rotatable bonds is 3. The van der Waals surface area contributed by atoms with Gasteiger partial charge in [0.2, 0.25) is 0 Å². The molecule has 0 saturated carbocycles. The van der Waals surface area contributed by atoms with Gasteiger partial charge in [-0.05, 0) is 30.3 Å². The number of hydrogen-bond donors (Lipinski definition) is 1. The summed E-state index contributed by atoms with van der Waals surface area (Å²) in [5.74, 6) is -0.417. The van der Waals surface area contributed by atoms with Gasteiger partial charge in [-0.2, -0.15) is 13.2 Å². The molecule has 0 heterocycles. The minimum absolute atomic E-state index is 0.0673. The van der Waals surface area contributed by atoms with Crippen LogP contribution in [0.2, 0.25) is 5.02 Å². The number of halogens is 6. The lowest BCUT2D eigenvalue weighted by Gasteiger charge is -2.12. The van der Waals surface area contributed by atoms with E-state index >= 15 is 0 Å². The van der Waals surface area contributed by atoms with Crippen LogP contribution in [0.3, 0.4) is 0 Å². The van der Waals surface area contributed by atoms with E-state index in [1.807, 2.05) is 0 Å². The van der Waals surface area contributed by atoms with E-state index in [2.05, 4.69) is 21.2 Å². The Bertz CT molecular complexity index is 658. The maximum absolute atomic E-state index is 13.6. The molecule has 2 aromatic carbocycles.